The summed E-state index contributed by atoms with van der Waals surface area (Å²) in [6.45, 7) is 4.32. The van der Waals surface area contributed by atoms with Crippen LogP contribution in [0.4, 0.5) is 0 Å². The number of hydrogen-bond acceptors (Lipinski definition) is 2. The van der Waals surface area contributed by atoms with Crippen molar-refractivity contribution in [1.82, 2.24) is 0 Å². The van der Waals surface area contributed by atoms with Crippen LogP contribution in [0.2, 0.25) is 0 Å². The molecular weight excluding hydrogens is 152 g/mol. The first-order valence-corrected chi connectivity index (χ1v) is 4.37. The molecule has 0 aromatic carbocycles. The second-order valence-corrected chi connectivity index (χ2v) is 3.49. The van der Waals surface area contributed by atoms with Crippen molar-refractivity contribution in [2.24, 2.45) is 0 Å². The molecule has 0 aromatic heterocycles. The molecule has 2 nitrogen and oxygen atoms in total. The fourth-order valence-corrected chi connectivity index (χ4v) is 1.57. The quantitative estimate of drug-likeness (QED) is 0.282. The van der Waals surface area contributed by atoms with Crippen LogP contribution in [0.5, 0.6) is 0 Å². The van der Waals surface area contributed by atoms with E-state index in [1.165, 1.54) is 17.4 Å². The number of rotatable bonds is 1. The monoisotopic (exact) mass is 168 g/mol. The summed E-state index contributed by atoms with van der Waals surface area (Å²) >= 11 is 0. The second-order valence-electron chi connectivity index (χ2n) is 3.49. The minimum Gasteiger partial charge on any atom is -0.348 e. The van der Waals surface area contributed by atoms with Crippen LogP contribution >= 0.6 is 0 Å². The van der Waals surface area contributed by atoms with Gasteiger partial charge in [-0.15, -0.1) is 0 Å². The van der Waals surface area contributed by atoms with Gasteiger partial charge < -0.3 is 4.89 Å². The summed E-state index contributed by atoms with van der Waals surface area (Å²) in [5.74, 6) is 0. The van der Waals surface area contributed by atoms with Gasteiger partial charge in [0.25, 0.3) is 0 Å². The molecular formula is C10H16O2. The van der Waals surface area contributed by atoms with E-state index < -0.39 is 0 Å². The van der Waals surface area contributed by atoms with Crippen molar-refractivity contribution in [1.29, 1.82) is 0 Å². The fourth-order valence-electron chi connectivity index (χ4n) is 1.57. The molecule has 2 heteroatoms. The lowest BCUT2D eigenvalue weighted by Crippen LogP contribution is -1.99. The van der Waals surface area contributed by atoms with E-state index in [1.807, 2.05) is 0 Å². The van der Waals surface area contributed by atoms with E-state index in [0.717, 1.165) is 25.7 Å². The van der Waals surface area contributed by atoms with Gasteiger partial charge in [-0.1, -0.05) is 11.1 Å². The molecule has 0 heterocycles. The fraction of sp³-hybridized carbons (Fsp3) is 0.600. The van der Waals surface area contributed by atoms with E-state index in [0.29, 0.717) is 0 Å². The van der Waals surface area contributed by atoms with Gasteiger partial charge in [0.15, 0.2) is 0 Å². The molecule has 0 atom stereocenters. The molecule has 0 saturated heterocycles. The highest BCUT2D eigenvalue weighted by Gasteiger charge is 2.10. The first-order valence-electron chi connectivity index (χ1n) is 4.37. The third-order valence-electron chi connectivity index (χ3n) is 2.42. The lowest BCUT2D eigenvalue weighted by Gasteiger charge is -2.17. The van der Waals surface area contributed by atoms with Crippen LogP contribution in [0, 0.1) is 0 Å². The minimum atomic E-state index is 1.03. The Labute approximate surface area is 73.5 Å². The van der Waals surface area contributed by atoms with Crippen LogP contribution in [-0.4, -0.2) is 5.26 Å². The summed E-state index contributed by atoms with van der Waals surface area (Å²) in [5, 5.41) is 8.21. The van der Waals surface area contributed by atoms with Crippen molar-refractivity contribution in [3.05, 3.63) is 23.0 Å². The molecule has 1 rings (SSSR count). The van der Waals surface area contributed by atoms with Crippen LogP contribution in [0.3, 0.4) is 0 Å². The molecule has 0 bridgehead atoms. The van der Waals surface area contributed by atoms with E-state index >= 15 is 0 Å². The van der Waals surface area contributed by atoms with Gasteiger partial charge in [0.1, 0.15) is 6.26 Å². The maximum Gasteiger partial charge on any atom is 0.128 e. The summed E-state index contributed by atoms with van der Waals surface area (Å²) < 4.78 is 0. The van der Waals surface area contributed by atoms with Crippen LogP contribution in [0.15, 0.2) is 23.0 Å². The SMILES string of the molecule is CC(C)=C1CCC(=COO)CC1. The van der Waals surface area contributed by atoms with Gasteiger partial charge >= 0.3 is 0 Å². The lowest BCUT2D eigenvalue weighted by atomic mass is 9.89. The molecule has 1 aliphatic carbocycles. The zero-order valence-corrected chi connectivity index (χ0v) is 7.76. The van der Waals surface area contributed by atoms with Crippen LogP contribution in [0.25, 0.3) is 0 Å². The Morgan fingerprint density at radius 3 is 2.25 bits per heavy atom. The molecule has 0 radical (unpaired) electrons. The Morgan fingerprint density at radius 1 is 1.25 bits per heavy atom. The van der Waals surface area contributed by atoms with Gasteiger partial charge in [-0.05, 0) is 45.1 Å². The predicted molar refractivity (Wildman–Crippen MR) is 48.6 cm³/mol. The van der Waals surface area contributed by atoms with Gasteiger partial charge in [0.05, 0.1) is 0 Å². The molecule has 0 aromatic rings. The molecule has 1 aliphatic rings. The van der Waals surface area contributed by atoms with Crippen molar-refractivity contribution in [3.8, 4) is 0 Å². The third-order valence-corrected chi connectivity index (χ3v) is 2.42. The van der Waals surface area contributed by atoms with Gasteiger partial charge in [0, 0.05) is 0 Å². The molecule has 1 saturated carbocycles. The molecule has 12 heavy (non-hydrogen) atoms. The van der Waals surface area contributed by atoms with Crippen molar-refractivity contribution < 1.29 is 10.1 Å². The van der Waals surface area contributed by atoms with E-state index in [1.54, 1.807) is 5.57 Å². The highest BCUT2D eigenvalue weighted by Crippen LogP contribution is 2.29. The summed E-state index contributed by atoms with van der Waals surface area (Å²) in [6.07, 6.45) is 5.76. The van der Waals surface area contributed by atoms with E-state index in [4.69, 9.17) is 5.26 Å². The molecule has 0 aliphatic heterocycles. The third kappa shape index (κ3) is 2.38. The van der Waals surface area contributed by atoms with Crippen molar-refractivity contribution >= 4 is 0 Å². The number of allylic oxidation sites excluding steroid dienone is 3. The summed E-state index contributed by atoms with van der Waals surface area (Å²) in [6, 6.07) is 0. The molecule has 0 amide bonds. The largest absolute Gasteiger partial charge is 0.348 e. The van der Waals surface area contributed by atoms with Gasteiger partial charge in [0.2, 0.25) is 0 Å². The van der Waals surface area contributed by atoms with Gasteiger partial charge in [-0.3, -0.25) is 0 Å². The molecule has 1 N–H and O–H groups in total. The van der Waals surface area contributed by atoms with E-state index in [9.17, 15) is 0 Å². The first-order chi connectivity index (χ1) is 5.74. The van der Waals surface area contributed by atoms with Crippen LogP contribution in [-0.2, 0) is 4.89 Å². The minimum absolute atomic E-state index is 1.03. The van der Waals surface area contributed by atoms with Crippen molar-refractivity contribution in [3.63, 3.8) is 0 Å². The topological polar surface area (TPSA) is 29.5 Å². The highest BCUT2D eigenvalue weighted by atomic mass is 17.1. The van der Waals surface area contributed by atoms with E-state index in [-0.39, 0.29) is 0 Å². The lowest BCUT2D eigenvalue weighted by molar-refractivity contribution is -0.187. The zero-order valence-electron chi connectivity index (χ0n) is 7.76. The average molecular weight is 168 g/mol. The smallest absolute Gasteiger partial charge is 0.128 e. The Morgan fingerprint density at radius 2 is 1.83 bits per heavy atom. The highest BCUT2D eigenvalue weighted by molar-refractivity contribution is 5.18. The van der Waals surface area contributed by atoms with Gasteiger partial charge in [-0.25, -0.2) is 5.26 Å². The Balaban J connectivity index is 2.51. The maximum atomic E-state index is 8.21. The summed E-state index contributed by atoms with van der Waals surface area (Å²) in [5.41, 5.74) is 4.21. The van der Waals surface area contributed by atoms with Crippen LogP contribution in [0.1, 0.15) is 39.5 Å². The molecule has 0 spiro atoms. The Kier molecular flexibility index (Phi) is 3.35. The normalized spacial score (nSPS) is 17.6. The first kappa shape index (κ1) is 9.33. The van der Waals surface area contributed by atoms with Crippen LogP contribution < -0.4 is 0 Å². The Hall–Kier alpha value is -0.760. The van der Waals surface area contributed by atoms with Gasteiger partial charge in [-0.2, -0.15) is 0 Å². The average Bonchev–Trinajstić information content (AvgIpc) is 2.06. The molecule has 68 valence electrons. The standard InChI is InChI=1S/C10H16O2/c1-8(2)10-5-3-9(4-6-10)7-12-11/h7,11H,3-6H2,1-2H3. The maximum absolute atomic E-state index is 8.21. The van der Waals surface area contributed by atoms with Crippen molar-refractivity contribution in [2.45, 2.75) is 39.5 Å². The number of hydrogen-bond donors (Lipinski definition) is 1. The molecule has 0 unspecified atom stereocenters. The summed E-state index contributed by atoms with van der Waals surface area (Å²) in [7, 11) is 0. The van der Waals surface area contributed by atoms with Crippen molar-refractivity contribution in [2.75, 3.05) is 0 Å². The summed E-state index contributed by atoms with van der Waals surface area (Å²) in [4.78, 5) is 4.00. The second kappa shape index (κ2) is 4.31. The molecule has 1 fully saturated rings. The predicted octanol–water partition coefficient (Wildman–Crippen LogP) is 3.27. The zero-order chi connectivity index (χ0) is 8.97. The van der Waals surface area contributed by atoms with E-state index in [2.05, 4.69) is 18.7 Å². The Bertz CT molecular complexity index is 198.